The number of rotatable bonds is 8. The van der Waals surface area contributed by atoms with Crippen molar-refractivity contribution in [2.45, 2.75) is 13.0 Å². The molecule has 1 aromatic heterocycles. The molecule has 156 valence electrons. The van der Waals surface area contributed by atoms with Crippen molar-refractivity contribution in [1.29, 1.82) is 5.26 Å². The van der Waals surface area contributed by atoms with Gasteiger partial charge < -0.3 is 20.3 Å². The van der Waals surface area contributed by atoms with Crippen LogP contribution in [0.5, 0.6) is 11.5 Å². The van der Waals surface area contributed by atoms with Crippen molar-refractivity contribution in [2.75, 3.05) is 19.8 Å². The van der Waals surface area contributed by atoms with Gasteiger partial charge in [-0.05, 0) is 31.2 Å². The summed E-state index contributed by atoms with van der Waals surface area (Å²) in [6, 6.07) is 9.17. The van der Waals surface area contributed by atoms with E-state index in [1.165, 1.54) is 23.5 Å². The second-order valence-corrected chi connectivity index (χ2v) is 7.57. The summed E-state index contributed by atoms with van der Waals surface area (Å²) in [5.41, 5.74) is 7.00. The Morgan fingerprint density at radius 3 is 2.70 bits per heavy atom. The van der Waals surface area contributed by atoms with Crippen molar-refractivity contribution in [2.24, 2.45) is 5.73 Å². The molecule has 2 aromatic carbocycles. The van der Waals surface area contributed by atoms with Crippen LogP contribution in [0.1, 0.15) is 12.5 Å². The zero-order chi connectivity index (χ0) is 21.7. The van der Waals surface area contributed by atoms with E-state index in [9.17, 15) is 9.65 Å². The second-order valence-electron chi connectivity index (χ2n) is 6.18. The maximum absolute atomic E-state index is 14.4. The number of nitrogens with two attached hydrogens (primary N) is 1. The molecule has 3 rings (SSSR count). The van der Waals surface area contributed by atoms with E-state index in [0.717, 1.165) is 0 Å². The van der Waals surface area contributed by atoms with Crippen LogP contribution in [0.15, 0.2) is 30.3 Å². The van der Waals surface area contributed by atoms with Crippen molar-refractivity contribution < 1.29 is 19.0 Å². The highest BCUT2D eigenvalue weighted by Crippen LogP contribution is 2.37. The van der Waals surface area contributed by atoms with Gasteiger partial charge in [0.25, 0.3) is 0 Å². The molecule has 0 saturated carbocycles. The molecule has 30 heavy (non-hydrogen) atoms. The third-order valence-electron chi connectivity index (χ3n) is 4.01. The lowest BCUT2D eigenvalue weighted by Gasteiger charge is -2.12. The Labute approximate surface area is 181 Å². The largest absolute Gasteiger partial charge is 0.492 e. The summed E-state index contributed by atoms with van der Waals surface area (Å²) in [6.07, 6.45) is 0. The number of nitrogens with zero attached hydrogens (tertiary/aromatic N) is 3. The molecule has 0 aliphatic heterocycles. The molecular formula is C20H18ClFN4O3S. The first kappa shape index (κ1) is 21.9. The maximum Gasteiger partial charge on any atom is 0.165 e. The van der Waals surface area contributed by atoms with Crippen LogP contribution >= 0.6 is 22.9 Å². The molecule has 0 amide bonds. The predicted octanol–water partition coefficient (Wildman–Crippen LogP) is 3.63. The molecule has 0 radical (unpaired) electrons. The minimum atomic E-state index is -0.635. The van der Waals surface area contributed by atoms with Crippen LogP contribution < -0.4 is 15.2 Å². The average molecular weight is 449 g/mol. The fraction of sp³-hybridized carbons (Fsp3) is 0.250. The molecule has 3 aromatic rings. The summed E-state index contributed by atoms with van der Waals surface area (Å²) in [7, 11) is 0. The number of hydrogen-bond donors (Lipinski definition) is 2. The highest BCUT2D eigenvalue weighted by Gasteiger charge is 2.17. The van der Waals surface area contributed by atoms with Gasteiger partial charge in [0.2, 0.25) is 0 Å². The van der Waals surface area contributed by atoms with Crippen LogP contribution in [0.4, 0.5) is 4.39 Å². The van der Waals surface area contributed by atoms with Gasteiger partial charge in [-0.1, -0.05) is 22.9 Å². The SMILES string of the molecule is CCOc1ccc(-c2nnc(-c3cc(F)c(OCC(N)CO)cc3Cl)s2)cc1C#N. The molecule has 1 atom stereocenters. The first-order chi connectivity index (χ1) is 14.5. The summed E-state index contributed by atoms with van der Waals surface area (Å²) >= 11 is 7.51. The minimum Gasteiger partial charge on any atom is -0.492 e. The van der Waals surface area contributed by atoms with Gasteiger partial charge in [0.05, 0.1) is 29.8 Å². The van der Waals surface area contributed by atoms with Gasteiger partial charge in [-0.2, -0.15) is 5.26 Å². The standard InChI is InChI=1S/C20H18ClFN4O3S/c1-2-28-17-4-3-11(5-12(17)8-23)19-25-26-20(30-19)14-6-16(22)18(7-15(14)21)29-10-13(24)9-27/h3-7,13,27H,2,9-10,24H2,1H3. The fourth-order valence-electron chi connectivity index (χ4n) is 2.53. The van der Waals surface area contributed by atoms with E-state index in [-0.39, 0.29) is 24.0 Å². The zero-order valence-electron chi connectivity index (χ0n) is 15.9. The van der Waals surface area contributed by atoms with E-state index in [1.54, 1.807) is 18.2 Å². The normalized spacial score (nSPS) is 11.7. The van der Waals surface area contributed by atoms with Gasteiger partial charge in [0, 0.05) is 17.2 Å². The number of nitriles is 1. The highest BCUT2D eigenvalue weighted by atomic mass is 35.5. The summed E-state index contributed by atoms with van der Waals surface area (Å²) < 4.78 is 25.1. The van der Waals surface area contributed by atoms with Crippen molar-refractivity contribution in [3.8, 4) is 38.7 Å². The number of ether oxygens (including phenoxy) is 2. The average Bonchev–Trinajstić information content (AvgIpc) is 3.24. The summed E-state index contributed by atoms with van der Waals surface area (Å²) in [5.74, 6) is -0.207. The number of hydrogen-bond acceptors (Lipinski definition) is 8. The summed E-state index contributed by atoms with van der Waals surface area (Å²) in [5, 5.41) is 27.7. The van der Waals surface area contributed by atoms with Crippen molar-refractivity contribution in [1.82, 2.24) is 10.2 Å². The third-order valence-corrected chi connectivity index (χ3v) is 5.33. The fourth-order valence-corrected chi connectivity index (χ4v) is 3.70. The van der Waals surface area contributed by atoms with Crippen molar-refractivity contribution >= 4 is 22.9 Å². The van der Waals surface area contributed by atoms with E-state index >= 15 is 0 Å². The Bertz CT molecular complexity index is 1090. The lowest BCUT2D eigenvalue weighted by molar-refractivity contribution is 0.202. The van der Waals surface area contributed by atoms with Gasteiger partial charge in [0.1, 0.15) is 28.4 Å². The lowest BCUT2D eigenvalue weighted by atomic mass is 10.1. The predicted molar refractivity (Wildman–Crippen MR) is 112 cm³/mol. The van der Waals surface area contributed by atoms with E-state index in [0.29, 0.717) is 39.1 Å². The molecule has 0 aliphatic rings. The van der Waals surface area contributed by atoms with Crippen LogP contribution in [0.3, 0.4) is 0 Å². The van der Waals surface area contributed by atoms with E-state index in [2.05, 4.69) is 16.3 Å². The first-order valence-electron chi connectivity index (χ1n) is 8.96. The molecule has 0 saturated heterocycles. The molecule has 3 N–H and O–H groups in total. The Balaban J connectivity index is 1.87. The Hall–Kier alpha value is -2.77. The summed E-state index contributed by atoms with van der Waals surface area (Å²) in [6.45, 7) is 1.96. The number of aliphatic hydroxyl groups excluding tert-OH is 1. The van der Waals surface area contributed by atoms with E-state index in [4.69, 9.17) is 31.9 Å². The van der Waals surface area contributed by atoms with Gasteiger partial charge in [-0.3, -0.25) is 0 Å². The molecule has 0 spiro atoms. The Morgan fingerprint density at radius 1 is 1.23 bits per heavy atom. The Kier molecular flexibility index (Phi) is 7.18. The molecule has 0 aliphatic carbocycles. The van der Waals surface area contributed by atoms with Crippen LogP contribution in [0.25, 0.3) is 21.1 Å². The quantitative estimate of drug-likeness (QED) is 0.540. The molecule has 0 bridgehead atoms. The van der Waals surface area contributed by atoms with Crippen molar-refractivity contribution in [3.05, 3.63) is 46.7 Å². The third kappa shape index (κ3) is 4.86. The number of aromatic nitrogens is 2. The monoisotopic (exact) mass is 448 g/mol. The van der Waals surface area contributed by atoms with Gasteiger partial charge in [-0.15, -0.1) is 10.2 Å². The summed E-state index contributed by atoms with van der Waals surface area (Å²) in [4.78, 5) is 0. The number of aliphatic hydroxyl groups is 1. The molecule has 10 heteroatoms. The van der Waals surface area contributed by atoms with Gasteiger partial charge >= 0.3 is 0 Å². The molecule has 1 unspecified atom stereocenters. The first-order valence-corrected chi connectivity index (χ1v) is 10.2. The Morgan fingerprint density at radius 2 is 2.00 bits per heavy atom. The van der Waals surface area contributed by atoms with Crippen molar-refractivity contribution in [3.63, 3.8) is 0 Å². The zero-order valence-corrected chi connectivity index (χ0v) is 17.5. The smallest absolute Gasteiger partial charge is 0.165 e. The number of halogens is 2. The molecular weight excluding hydrogens is 431 g/mol. The molecule has 0 fully saturated rings. The lowest BCUT2D eigenvalue weighted by Crippen LogP contribution is -2.31. The minimum absolute atomic E-state index is 0.0506. The topological polar surface area (TPSA) is 114 Å². The van der Waals surface area contributed by atoms with Crippen LogP contribution in [-0.2, 0) is 0 Å². The van der Waals surface area contributed by atoms with Crippen LogP contribution in [0.2, 0.25) is 5.02 Å². The van der Waals surface area contributed by atoms with Gasteiger partial charge in [-0.25, -0.2) is 4.39 Å². The molecule has 1 heterocycles. The van der Waals surface area contributed by atoms with Crippen LogP contribution in [-0.4, -0.2) is 41.2 Å². The number of benzene rings is 2. The van der Waals surface area contributed by atoms with E-state index in [1.807, 2.05) is 6.92 Å². The highest BCUT2D eigenvalue weighted by molar-refractivity contribution is 7.18. The maximum atomic E-state index is 14.4. The second kappa shape index (κ2) is 9.82. The van der Waals surface area contributed by atoms with Crippen LogP contribution in [0, 0.1) is 17.1 Å². The van der Waals surface area contributed by atoms with Gasteiger partial charge in [0.15, 0.2) is 11.6 Å². The van der Waals surface area contributed by atoms with E-state index < -0.39 is 11.9 Å². The molecule has 7 nitrogen and oxygen atoms in total.